The number of aromatic nitrogens is 2. The molecule has 4 aromatic rings. The molecule has 0 aliphatic carbocycles. The van der Waals surface area contributed by atoms with Gasteiger partial charge in [0.25, 0.3) is 5.91 Å². The lowest BCUT2D eigenvalue weighted by Crippen LogP contribution is -2.48. The molecule has 2 amide bonds. The van der Waals surface area contributed by atoms with Crippen LogP contribution in [0.3, 0.4) is 0 Å². The highest BCUT2D eigenvalue weighted by atomic mass is 32.1. The van der Waals surface area contributed by atoms with Gasteiger partial charge in [-0.3, -0.25) is 14.0 Å². The van der Waals surface area contributed by atoms with Gasteiger partial charge in [-0.2, -0.15) is 0 Å². The maximum absolute atomic E-state index is 12.8. The molecule has 0 bridgehead atoms. The largest absolute Gasteiger partial charge is 0.476 e. The van der Waals surface area contributed by atoms with Crippen LogP contribution < -0.4 is 15.0 Å². The summed E-state index contributed by atoms with van der Waals surface area (Å²) in [6, 6.07) is 14.7. The molecule has 2 aromatic carbocycles. The smallest absolute Gasteiger partial charge is 0.267 e. The van der Waals surface area contributed by atoms with Crippen LogP contribution in [0.25, 0.3) is 16.2 Å². The second-order valence-corrected chi connectivity index (χ2v) is 7.86. The van der Waals surface area contributed by atoms with Crippen molar-refractivity contribution in [3.63, 3.8) is 0 Å². The lowest BCUT2D eigenvalue weighted by Gasteiger charge is -2.33. The number of amides is 2. The van der Waals surface area contributed by atoms with Gasteiger partial charge in [0.05, 0.1) is 17.9 Å². The number of fused-ring (bicyclic) bond motifs is 2. The van der Waals surface area contributed by atoms with Crippen molar-refractivity contribution in [2.75, 3.05) is 16.8 Å². The van der Waals surface area contributed by atoms with E-state index >= 15 is 0 Å². The van der Waals surface area contributed by atoms with Gasteiger partial charge in [0.2, 0.25) is 5.91 Å². The summed E-state index contributed by atoms with van der Waals surface area (Å²) in [4.78, 5) is 31.9. The minimum atomic E-state index is -0.789. The van der Waals surface area contributed by atoms with E-state index in [1.165, 1.54) is 6.92 Å². The summed E-state index contributed by atoms with van der Waals surface area (Å²) in [5.41, 5.74) is 3.18. The van der Waals surface area contributed by atoms with Gasteiger partial charge in [0, 0.05) is 35.9 Å². The van der Waals surface area contributed by atoms with Gasteiger partial charge in [-0.05, 0) is 24.3 Å². The SMILES string of the molecule is CC(=O)N1C[C@H](C(=O)Nc2ccc(-c3cn4ccsc4n3)cc2)Oc2ccccc21. The van der Waals surface area contributed by atoms with E-state index in [0.717, 1.165) is 16.2 Å². The Kier molecular flexibility index (Phi) is 4.48. The minimum absolute atomic E-state index is 0.132. The van der Waals surface area contributed by atoms with Crippen LogP contribution in [0, 0.1) is 0 Å². The number of imidazole rings is 1. The molecule has 0 saturated carbocycles. The first-order chi connectivity index (χ1) is 14.6. The van der Waals surface area contributed by atoms with Crippen molar-refractivity contribution >= 4 is 39.5 Å². The van der Waals surface area contributed by atoms with Gasteiger partial charge in [-0.25, -0.2) is 4.98 Å². The molecular weight excluding hydrogens is 400 g/mol. The molecule has 0 unspecified atom stereocenters. The van der Waals surface area contributed by atoms with Crippen LogP contribution in [0.5, 0.6) is 5.75 Å². The lowest BCUT2D eigenvalue weighted by molar-refractivity contribution is -0.123. The Morgan fingerprint density at radius 2 is 1.97 bits per heavy atom. The molecule has 150 valence electrons. The molecule has 1 aliphatic heterocycles. The third kappa shape index (κ3) is 3.31. The Balaban J connectivity index is 1.31. The van der Waals surface area contributed by atoms with Gasteiger partial charge in [-0.1, -0.05) is 24.3 Å². The van der Waals surface area contributed by atoms with Crippen molar-refractivity contribution in [1.82, 2.24) is 9.38 Å². The van der Waals surface area contributed by atoms with Crippen LogP contribution in [0.4, 0.5) is 11.4 Å². The summed E-state index contributed by atoms with van der Waals surface area (Å²) >= 11 is 1.58. The molecule has 0 radical (unpaired) electrons. The Morgan fingerprint density at radius 1 is 1.17 bits per heavy atom. The normalized spacial score (nSPS) is 15.5. The molecule has 5 rings (SSSR count). The number of hydrogen-bond acceptors (Lipinski definition) is 5. The molecule has 0 fully saturated rings. The number of anilines is 2. The number of carbonyl (C=O) groups excluding carboxylic acids is 2. The summed E-state index contributed by atoms with van der Waals surface area (Å²) < 4.78 is 7.83. The Bertz CT molecular complexity index is 1220. The highest BCUT2D eigenvalue weighted by molar-refractivity contribution is 7.15. The molecule has 1 N–H and O–H groups in total. The average molecular weight is 418 g/mol. The predicted molar refractivity (Wildman–Crippen MR) is 116 cm³/mol. The number of carbonyl (C=O) groups is 2. The molecule has 3 heterocycles. The summed E-state index contributed by atoms with van der Waals surface area (Å²) in [6.07, 6.45) is 3.16. The zero-order valence-electron chi connectivity index (χ0n) is 16.1. The molecule has 7 nitrogen and oxygen atoms in total. The molecule has 0 spiro atoms. The summed E-state index contributed by atoms with van der Waals surface area (Å²) in [6.45, 7) is 1.65. The van der Waals surface area contributed by atoms with Crippen LogP contribution in [-0.2, 0) is 9.59 Å². The highest BCUT2D eigenvalue weighted by Crippen LogP contribution is 2.33. The van der Waals surface area contributed by atoms with Crippen LogP contribution in [0.15, 0.2) is 66.3 Å². The summed E-state index contributed by atoms with van der Waals surface area (Å²) in [7, 11) is 0. The van der Waals surface area contributed by atoms with E-state index in [0.29, 0.717) is 17.1 Å². The first-order valence-electron chi connectivity index (χ1n) is 9.46. The molecule has 30 heavy (non-hydrogen) atoms. The number of rotatable bonds is 3. The van der Waals surface area contributed by atoms with Crippen LogP contribution in [-0.4, -0.2) is 33.8 Å². The maximum atomic E-state index is 12.8. The van der Waals surface area contributed by atoms with Crippen molar-refractivity contribution in [1.29, 1.82) is 0 Å². The van der Waals surface area contributed by atoms with Crippen molar-refractivity contribution in [2.24, 2.45) is 0 Å². The van der Waals surface area contributed by atoms with E-state index in [4.69, 9.17) is 4.74 Å². The third-order valence-electron chi connectivity index (χ3n) is 4.99. The van der Waals surface area contributed by atoms with E-state index < -0.39 is 6.10 Å². The Hall–Kier alpha value is -3.65. The lowest BCUT2D eigenvalue weighted by atomic mass is 10.1. The molecule has 1 aliphatic rings. The summed E-state index contributed by atoms with van der Waals surface area (Å²) in [5, 5.41) is 4.87. The molecule has 1 atom stereocenters. The molecular formula is C22H18N4O3S. The van der Waals surface area contributed by atoms with Crippen LogP contribution >= 0.6 is 11.3 Å². The van der Waals surface area contributed by atoms with Crippen LogP contribution in [0.1, 0.15) is 6.92 Å². The first-order valence-corrected chi connectivity index (χ1v) is 10.3. The zero-order chi connectivity index (χ0) is 20.7. The summed E-state index contributed by atoms with van der Waals surface area (Å²) in [5.74, 6) is 0.0908. The first kappa shape index (κ1) is 18.4. The van der Waals surface area contributed by atoms with Crippen molar-refractivity contribution < 1.29 is 14.3 Å². The van der Waals surface area contributed by atoms with Crippen molar-refractivity contribution in [2.45, 2.75) is 13.0 Å². The minimum Gasteiger partial charge on any atom is -0.476 e. The van der Waals surface area contributed by atoms with Gasteiger partial charge in [0.1, 0.15) is 5.75 Å². The van der Waals surface area contributed by atoms with E-state index in [2.05, 4.69) is 10.3 Å². The van der Waals surface area contributed by atoms with E-state index in [-0.39, 0.29) is 18.4 Å². The van der Waals surface area contributed by atoms with Crippen molar-refractivity contribution in [3.05, 3.63) is 66.3 Å². The number of benzene rings is 2. The number of para-hydroxylation sites is 2. The Morgan fingerprint density at radius 3 is 2.73 bits per heavy atom. The number of ether oxygens (including phenoxy) is 1. The number of thiazole rings is 1. The number of hydrogen-bond donors (Lipinski definition) is 1. The fraction of sp³-hybridized carbons (Fsp3) is 0.136. The molecule has 2 aromatic heterocycles. The second kappa shape index (κ2) is 7.31. The van der Waals surface area contributed by atoms with E-state index in [1.807, 2.05) is 64.6 Å². The molecule has 8 heteroatoms. The fourth-order valence-corrected chi connectivity index (χ4v) is 4.18. The van der Waals surface area contributed by atoms with Gasteiger partial charge >= 0.3 is 0 Å². The topological polar surface area (TPSA) is 75.9 Å². The van der Waals surface area contributed by atoms with Crippen molar-refractivity contribution in [3.8, 4) is 17.0 Å². The number of nitrogens with one attached hydrogen (secondary N) is 1. The average Bonchev–Trinajstić information content (AvgIpc) is 3.36. The van der Waals surface area contributed by atoms with E-state index in [9.17, 15) is 9.59 Å². The standard InChI is InChI=1S/C22H18N4O3S/c1-14(27)26-13-20(29-19-5-3-2-4-18(19)26)21(28)23-16-8-6-15(7-9-16)17-12-25-10-11-30-22(25)24-17/h2-12,20H,13H2,1H3,(H,23,28)/t20-/m1/s1. The fourth-order valence-electron chi connectivity index (χ4n) is 3.48. The predicted octanol–water partition coefficient (Wildman–Crippen LogP) is 3.82. The molecule has 0 saturated heterocycles. The van der Waals surface area contributed by atoms with Crippen LogP contribution in [0.2, 0.25) is 0 Å². The highest BCUT2D eigenvalue weighted by Gasteiger charge is 2.32. The van der Waals surface area contributed by atoms with Gasteiger partial charge in [-0.15, -0.1) is 11.3 Å². The monoisotopic (exact) mass is 418 g/mol. The van der Waals surface area contributed by atoms with E-state index in [1.54, 1.807) is 22.3 Å². The second-order valence-electron chi connectivity index (χ2n) is 6.99. The van der Waals surface area contributed by atoms with Gasteiger partial charge in [0.15, 0.2) is 11.1 Å². The number of nitrogens with zero attached hydrogens (tertiary/aromatic N) is 3. The quantitative estimate of drug-likeness (QED) is 0.549. The Labute approximate surface area is 176 Å². The third-order valence-corrected chi connectivity index (χ3v) is 5.76. The van der Waals surface area contributed by atoms with Gasteiger partial charge < -0.3 is 15.0 Å². The maximum Gasteiger partial charge on any atom is 0.267 e. The zero-order valence-corrected chi connectivity index (χ0v) is 16.9.